The Morgan fingerprint density at radius 3 is 2.37 bits per heavy atom. The van der Waals surface area contributed by atoms with Gasteiger partial charge in [0, 0.05) is 43.4 Å². The van der Waals surface area contributed by atoms with Crippen molar-refractivity contribution in [2.45, 2.75) is 37.5 Å². The third-order valence-electron chi connectivity index (χ3n) is 9.01. The number of aliphatic hydroxyl groups is 3. The number of fused-ring (bicyclic) bond motifs is 3. The number of nitrogens with two attached hydrogens (primary N) is 1. The zero-order valence-corrected chi connectivity index (χ0v) is 24.7. The Bertz CT molecular complexity index is 1560. The molecule has 7 N–H and O–H groups in total. The summed E-state index contributed by atoms with van der Waals surface area (Å²) >= 11 is 0. The standard InChI is InChI=1S/C32H38N4O7/c1-35(2)21-14-18(15-34-11-10-16-8-6-5-7-9-16)26(37)23-19(21)12-17-13-20-25(36(3)4)28(39)24(31(33)42)30(41)32(20,43)29(40)22(17)27(23)38/h5-9,14,17,20,25,34,37-38,41,43H,10-13,15H2,1-4H3,(H2,33,42)/t17-,20-,25?,32-/m1/s1. The fourth-order valence-electron chi connectivity index (χ4n) is 6.98. The number of phenolic OH excluding ortho intramolecular Hbond substituents is 1. The van der Waals surface area contributed by atoms with Crippen molar-refractivity contribution >= 4 is 28.9 Å². The predicted molar refractivity (Wildman–Crippen MR) is 160 cm³/mol. The summed E-state index contributed by atoms with van der Waals surface area (Å²) in [6.45, 7) is 0.927. The molecule has 2 aromatic carbocycles. The fraction of sp³-hybridized carbons (Fsp3) is 0.406. The van der Waals surface area contributed by atoms with Gasteiger partial charge in [0.25, 0.3) is 5.91 Å². The Kier molecular flexibility index (Phi) is 7.84. The molecule has 1 unspecified atom stereocenters. The number of phenols is 1. The van der Waals surface area contributed by atoms with E-state index >= 15 is 0 Å². The van der Waals surface area contributed by atoms with E-state index in [-0.39, 0.29) is 36.3 Å². The highest BCUT2D eigenvalue weighted by molar-refractivity contribution is 6.24. The van der Waals surface area contributed by atoms with Gasteiger partial charge in [0.1, 0.15) is 22.8 Å². The molecule has 3 aliphatic carbocycles. The van der Waals surface area contributed by atoms with Crippen LogP contribution in [0.4, 0.5) is 5.69 Å². The molecule has 0 spiro atoms. The van der Waals surface area contributed by atoms with Crippen molar-refractivity contribution in [1.29, 1.82) is 0 Å². The second kappa shape index (κ2) is 11.1. The first-order valence-corrected chi connectivity index (χ1v) is 14.2. The van der Waals surface area contributed by atoms with Crippen molar-refractivity contribution in [2.75, 3.05) is 39.6 Å². The number of anilines is 1. The van der Waals surface area contributed by atoms with E-state index in [1.165, 1.54) is 4.90 Å². The summed E-state index contributed by atoms with van der Waals surface area (Å²) in [5.41, 5.74) is 4.87. The summed E-state index contributed by atoms with van der Waals surface area (Å²) in [4.78, 5) is 42.9. The molecule has 5 rings (SSSR count). The second-order valence-corrected chi connectivity index (χ2v) is 12.0. The van der Waals surface area contributed by atoms with Crippen molar-refractivity contribution < 1.29 is 34.8 Å². The van der Waals surface area contributed by atoms with Crippen LogP contribution in [0.2, 0.25) is 0 Å². The monoisotopic (exact) mass is 590 g/mol. The van der Waals surface area contributed by atoms with Crippen LogP contribution in [0.25, 0.3) is 5.76 Å². The molecule has 1 fully saturated rings. The molecule has 0 saturated heterocycles. The number of ketones is 2. The topological polar surface area (TPSA) is 177 Å². The Morgan fingerprint density at radius 2 is 1.77 bits per heavy atom. The number of nitrogens with one attached hydrogen (secondary N) is 1. The molecule has 43 heavy (non-hydrogen) atoms. The number of aliphatic hydroxyl groups excluding tert-OH is 2. The van der Waals surface area contributed by atoms with Crippen molar-refractivity contribution in [3.8, 4) is 5.75 Å². The maximum Gasteiger partial charge on any atom is 0.255 e. The third kappa shape index (κ3) is 4.77. The smallest absolute Gasteiger partial charge is 0.255 e. The first-order chi connectivity index (χ1) is 20.3. The molecule has 228 valence electrons. The molecule has 11 heteroatoms. The lowest BCUT2D eigenvalue weighted by molar-refractivity contribution is -0.153. The number of benzene rings is 2. The number of primary amides is 1. The van der Waals surface area contributed by atoms with Crippen LogP contribution in [0, 0.1) is 11.8 Å². The summed E-state index contributed by atoms with van der Waals surface area (Å²) < 4.78 is 0. The predicted octanol–water partition coefficient (Wildman–Crippen LogP) is 1.36. The Labute approximate surface area is 249 Å². The fourth-order valence-corrected chi connectivity index (χ4v) is 6.98. The molecule has 2 aromatic rings. The van der Waals surface area contributed by atoms with E-state index in [2.05, 4.69) is 5.32 Å². The summed E-state index contributed by atoms with van der Waals surface area (Å²) in [6, 6.07) is 10.7. The largest absolute Gasteiger partial charge is 0.508 e. The highest BCUT2D eigenvalue weighted by Gasteiger charge is 2.64. The molecule has 0 heterocycles. The molecule has 1 saturated carbocycles. The van der Waals surface area contributed by atoms with Crippen molar-refractivity contribution in [1.82, 2.24) is 10.2 Å². The minimum Gasteiger partial charge on any atom is -0.508 e. The number of nitrogens with zero attached hydrogens (tertiary/aromatic N) is 2. The average molecular weight is 591 g/mol. The van der Waals surface area contributed by atoms with Crippen LogP contribution < -0.4 is 16.0 Å². The van der Waals surface area contributed by atoms with Crippen molar-refractivity contribution in [3.05, 3.63) is 75.6 Å². The van der Waals surface area contributed by atoms with E-state index < -0.39 is 58.0 Å². The molecular formula is C32H38N4O7. The van der Waals surface area contributed by atoms with Gasteiger partial charge in [-0.25, -0.2) is 0 Å². The Hall–Kier alpha value is -4.19. The van der Waals surface area contributed by atoms with Gasteiger partial charge in [-0.05, 0) is 63.0 Å². The maximum atomic E-state index is 14.1. The third-order valence-corrected chi connectivity index (χ3v) is 9.01. The summed E-state index contributed by atoms with van der Waals surface area (Å²) in [5.74, 6) is -6.60. The van der Waals surface area contributed by atoms with Crippen LogP contribution in [-0.2, 0) is 33.8 Å². The number of Topliss-reactive ketones (excluding diaryl/α,β-unsaturated/α-hetero) is 2. The first-order valence-electron chi connectivity index (χ1n) is 14.2. The lowest BCUT2D eigenvalue weighted by Gasteiger charge is -2.50. The number of likely N-dealkylation sites (N-methyl/N-ethyl adjacent to an activating group) is 1. The lowest BCUT2D eigenvalue weighted by atomic mass is 9.57. The molecule has 0 radical (unpaired) electrons. The molecule has 4 atom stereocenters. The van der Waals surface area contributed by atoms with Gasteiger partial charge in [-0.1, -0.05) is 30.3 Å². The normalized spacial score (nSPS) is 25.0. The van der Waals surface area contributed by atoms with Gasteiger partial charge in [0.15, 0.2) is 11.4 Å². The minimum absolute atomic E-state index is 0.0438. The zero-order chi connectivity index (χ0) is 31.4. The number of aromatic hydroxyl groups is 1. The summed E-state index contributed by atoms with van der Waals surface area (Å²) in [7, 11) is 6.84. The van der Waals surface area contributed by atoms with E-state index in [0.717, 1.165) is 17.7 Å². The lowest BCUT2D eigenvalue weighted by Crippen LogP contribution is -2.65. The number of carbonyl (C=O) groups is 3. The van der Waals surface area contributed by atoms with Crippen molar-refractivity contribution in [3.63, 3.8) is 0 Å². The molecular weight excluding hydrogens is 552 g/mol. The van der Waals surface area contributed by atoms with Gasteiger partial charge in [-0.15, -0.1) is 0 Å². The molecule has 0 aromatic heterocycles. The number of amides is 1. The van der Waals surface area contributed by atoms with Gasteiger partial charge in [0.05, 0.1) is 11.6 Å². The number of carbonyl (C=O) groups excluding carboxylic acids is 3. The minimum atomic E-state index is -2.67. The Balaban J connectivity index is 1.58. The maximum absolute atomic E-state index is 14.1. The van der Waals surface area contributed by atoms with Gasteiger partial charge < -0.3 is 36.4 Å². The van der Waals surface area contributed by atoms with Gasteiger partial charge >= 0.3 is 0 Å². The van der Waals surface area contributed by atoms with Gasteiger partial charge in [-0.3, -0.25) is 19.3 Å². The molecule has 3 aliphatic rings. The highest BCUT2D eigenvalue weighted by Crippen LogP contribution is 2.54. The SMILES string of the molecule is CN(C)c1cc(CNCCc2ccccc2)c(O)c2c1C[C@@H]1C[C@@H]3C(N(C)C)C(=O)C(C(N)=O)=C(O)[C@]3(O)C(=O)C1=C2O. The quantitative estimate of drug-likeness (QED) is 0.194. The highest BCUT2D eigenvalue weighted by atomic mass is 16.3. The van der Waals surface area contributed by atoms with Gasteiger partial charge in [-0.2, -0.15) is 0 Å². The van der Waals surface area contributed by atoms with Crippen LogP contribution in [0.15, 0.2) is 53.3 Å². The van der Waals surface area contributed by atoms with Gasteiger partial charge in [0.2, 0.25) is 5.78 Å². The molecule has 1 amide bonds. The van der Waals surface area contributed by atoms with Crippen LogP contribution in [0.3, 0.4) is 0 Å². The van der Waals surface area contributed by atoms with Crippen molar-refractivity contribution in [2.24, 2.45) is 17.6 Å². The number of hydrogen-bond acceptors (Lipinski definition) is 10. The van der Waals surface area contributed by atoms with E-state index in [9.17, 15) is 34.8 Å². The van der Waals surface area contributed by atoms with E-state index in [0.29, 0.717) is 17.7 Å². The van der Waals surface area contributed by atoms with Crippen LogP contribution >= 0.6 is 0 Å². The molecule has 0 bridgehead atoms. The molecule has 11 nitrogen and oxygen atoms in total. The summed E-state index contributed by atoms with van der Waals surface area (Å²) in [6.07, 6.45) is 1.05. The number of rotatable bonds is 8. The van der Waals surface area contributed by atoms with Crippen LogP contribution in [0.5, 0.6) is 5.75 Å². The van der Waals surface area contributed by atoms with E-state index in [4.69, 9.17) is 5.73 Å². The zero-order valence-electron chi connectivity index (χ0n) is 24.7. The average Bonchev–Trinajstić information content (AvgIpc) is 2.94. The second-order valence-electron chi connectivity index (χ2n) is 12.0. The molecule has 0 aliphatic heterocycles. The number of hydrogen-bond donors (Lipinski definition) is 6. The van der Waals surface area contributed by atoms with E-state index in [1.54, 1.807) is 14.1 Å². The van der Waals surface area contributed by atoms with Crippen LogP contribution in [0.1, 0.15) is 28.7 Å². The van der Waals surface area contributed by atoms with Crippen LogP contribution in [-0.4, -0.2) is 89.2 Å². The van der Waals surface area contributed by atoms with E-state index in [1.807, 2.05) is 55.4 Å². The Morgan fingerprint density at radius 1 is 1.09 bits per heavy atom. The first kappa shape index (κ1) is 30.3. The summed E-state index contributed by atoms with van der Waals surface area (Å²) in [5, 5.41) is 49.2.